The molecule has 3 rings (SSSR count). The lowest BCUT2D eigenvalue weighted by Gasteiger charge is -2.05. The monoisotopic (exact) mass is 244 g/mol. The van der Waals surface area contributed by atoms with Gasteiger partial charge in [0.15, 0.2) is 0 Å². The molecule has 4 heteroatoms. The predicted molar refractivity (Wildman–Crippen MR) is 68.3 cm³/mol. The van der Waals surface area contributed by atoms with Crippen LogP contribution in [-0.4, -0.2) is 14.5 Å². The minimum absolute atomic E-state index is 0.630. The van der Waals surface area contributed by atoms with Crippen LogP contribution in [0.1, 0.15) is 22.2 Å². The van der Waals surface area contributed by atoms with Gasteiger partial charge in [-0.05, 0) is 36.1 Å². The molecule has 0 saturated heterocycles. The Morgan fingerprint density at radius 1 is 1.35 bits per heavy atom. The van der Waals surface area contributed by atoms with Crippen LogP contribution in [0.5, 0.6) is 0 Å². The molecule has 0 saturated carbocycles. The molecule has 0 aliphatic heterocycles. The second kappa shape index (κ2) is 3.98. The van der Waals surface area contributed by atoms with Gasteiger partial charge in [0.2, 0.25) is 0 Å². The molecule has 1 N–H and O–H groups in total. The fourth-order valence-corrected chi connectivity index (χ4v) is 2.81. The molecule has 0 fully saturated rings. The van der Waals surface area contributed by atoms with E-state index in [0.29, 0.717) is 5.69 Å². The maximum Gasteiger partial charge on any atom is 0.137 e. The number of aliphatic hydroxyl groups excluding tert-OH is 1. The van der Waals surface area contributed by atoms with Crippen LogP contribution in [-0.2, 0) is 0 Å². The number of aliphatic hydroxyl groups is 1. The average Bonchev–Trinajstić information content (AvgIpc) is 2.93. The zero-order chi connectivity index (χ0) is 11.8. The second-order valence-electron chi connectivity index (χ2n) is 4.00. The van der Waals surface area contributed by atoms with Gasteiger partial charge in [-0.15, -0.1) is 11.3 Å². The lowest BCUT2D eigenvalue weighted by atomic mass is 10.1. The van der Waals surface area contributed by atoms with Gasteiger partial charge in [0.1, 0.15) is 11.8 Å². The van der Waals surface area contributed by atoms with E-state index in [-0.39, 0.29) is 0 Å². The number of imidazole rings is 1. The van der Waals surface area contributed by atoms with Gasteiger partial charge in [0, 0.05) is 17.3 Å². The summed E-state index contributed by atoms with van der Waals surface area (Å²) in [5, 5.41) is 12.3. The summed E-state index contributed by atoms with van der Waals surface area (Å²) in [5.41, 5.74) is 2.66. The first kappa shape index (κ1) is 10.5. The summed E-state index contributed by atoms with van der Waals surface area (Å²) in [5.74, 6) is 0. The Bertz CT molecular complexity index is 623. The van der Waals surface area contributed by atoms with E-state index in [4.69, 9.17) is 0 Å². The van der Waals surface area contributed by atoms with Crippen molar-refractivity contribution in [3.63, 3.8) is 0 Å². The summed E-state index contributed by atoms with van der Waals surface area (Å²) in [6.45, 7) is 2.00. The van der Waals surface area contributed by atoms with Crippen LogP contribution in [0, 0.1) is 6.92 Å². The zero-order valence-electron chi connectivity index (χ0n) is 9.37. The molecule has 3 aromatic rings. The number of hydrogen-bond acceptors (Lipinski definition) is 3. The first-order valence-electron chi connectivity index (χ1n) is 5.41. The Hall–Kier alpha value is -1.65. The fourth-order valence-electron chi connectivity index (χ4n) is 1.88. The van der Waals surface area contributed by atoms with Gasteiger partial charge in [0.05, 0.1) is 5.69 Å². The van der Waals surface area contributed by atoms with Crippen molar-refractivity contribution in [2.75, 3.05) is 0 Å². The summed E-state index contributed by atoms with van der Waals surface area (Å²) < 4.78 is 1.92. The third kappa shape index (κ3) is 1.75. The van der Waals surface area contributed by atoms with E-state index in [1.54, 1.807) is 11.3 Å². The van der Waals surface area contributed by atoms with E-state index in [9.17, 15) is 5.11 Å². The van der Waals surface area contributed by atoms with Crippen molar-refractivity contribution in [2.24, 2.45) is 0 Å². The van der Waals surface area contributed by atoms with E-state index in [1.165, 1.54) is 0 Å². The minimum Gasteiger partial charge on any atom is -0.381 e. The first-order chi connectivity index (χ1) is 8.25. The largest absolute Gasteiger partial charge is 0.381 e. The number of nitrogens with zero attached hydrogens (tertiary/aromatic N) is 2. The Morgan fingerprint density at radius 2 is 2.24 bits per heavy atom. The topological polar surface area (TPSA) is 37.5 Å². The van der Waals surface area contributed by atoms with Crippen LogP contribution in [0.25, 0.3) is 5.65 Å². The molecule has 3 heterocycles. The van der Waals surface area contributed by atoms with Gasteiger partial charge >= 0.3 is 0 Å². The van der Waals surface area contributed by atoms with Crippen molar-refractivity contribution in [3.05, 3.63) is 58.2 Å². The zero-order valence-corrected chi connectivity index (χ0v) is 10.2. The maximum absolute atomic E-state index is 10.3. The van der Waals surface area contributed by atoms with Crippen LogP contribution in [0.15, 0.2) is 42.0 Å². The molecule has 0 aliphatic carbocycles. The number of pyridine rings is 1. The van der Waals surface area contributed by atoms with Crippen molar-refractivity contribution >= 4 is 17.0 Å². The number of fused-ring (bicyclic) bond motifs is 1. The number of aryl methyl sites for hydroxylation is 1. The Labute approximate surface area is 103 Å². The average molecular weight is 244 g/mol. The highest BCUT2D eigenvalue weighted by Crippen LogP contribution is 2.28. The van der Waals surface area contributed by atoms with E-state index >= 15 is 0 Å². The smallest absolute Gasteiger partial charge is 0.137 e. The highest BCUT2D eigenvalue weighted by molar-refractivity contribution is 7.10. The maximum atomic E-state index is 10.3. The minimum atomic E-state index is -0.630. The quantitative estimate of drug-likeness (QED) is 0.752. The van der Waals surface area contributed by atoms with Crippen LogP contribution < -0.4 is 0 Å². The molecule has 0 radical (unpaired) electrons. The van der Waals surface area contributed by atoms with Crippen molar-refractivity contribution in [1.82, 2.24) is 9.38 Å². The van der Waals surface area contributed by atoms with Gasteiger partial charge in [-0.1, -0.05) is 6.07 Å². The molecule has 17 heavy (non-hydrogen) atoms. The number of rotatable bonds is 2. The van der Waals surface area contributed by atoms with Crippen LogP contribution in [0.2, 0.25) is 0 Å². The second-order valence-corrected chi connectivity index (χ2v) is 4.95. The first-order valence-corrected chi connectivity index (χ1v) is 6.29. The van der Waals surface area contributed by atoms with Gasteiger partial charge in [-0.3, -0.25) is 0 Å². The normalized spacial score (nSPS) is 13.1. The van der Waals surface area contributed by atoms with E-state index in [2.05, 4.69) is 4.98 Å². The summed E-state index contributed by atoms with van der Waals surface area (Å²) in [4.78, 5) is 5.40. The van der Waals surface area contributed by atoms with Crippen molar-refractivity contribution in [1.29, 1.82) is 0 Å². The van der Waals surface area contributed by atoms with E-state index in [0.717, 1.165) is 16.1 Å². The molecule has 3 nitrogen and oxygen atoms in total. The standard InChI is InChI=1S/C13H12N2OS/c1-9-5-7-17-13(9)12(16)10-8-15-6-3-2-4-11(15)14-10/h2-8,12,16H,1H3. The molecular weight excluding hydrogens is 232 g/mol. The summed E-state index contributed by atoms with van der Waals surface area (Å²) in [6, 6.07) is 7.83. The van der Waals surface area contributed by atoms with Gasteiger partial charge in [0.25, 0.3) is 0 Å². The Balaban J connectivity index is 2.07. The third-order valence-corrected chi connectivity index (χ3v) is 3.88. The summed E-state index contributed by atoms with van der Waals surface area (Å²) in [6.07, 6.45) is 3.17. The molecule has 3 aromatic heterocycles. The van der Waals surface area contributed by atoms with Gasteiger partial charge < -0.3 is 9.51 Å². The molecule has 86 valence electrons. The lowest BCUT2D eigenvalue weighted by Crippen LogP contribution is -1.98. The van der Waals surface area contributed by atoms with E-state index in [1.807, 2.05) is 53.4 Å². The summed E-state index contributed by atoms with van der Waals surface area (Å²) in [7, 11) is 0. The SMILES string of the molecule is Cc1ccsc1C(O)c1cn2ccccc2n1. The molecule has 0 aliphatic rings. The molecule has 1 unspecified atom stereocenters. The predicted octanol–water partition coefficient (Wildman–Crippen LogP) is 2.79. The highest BCUT2D eigenvalue weighted by atomic mass is 32.1. The van der Waals surface area contributed by atoms with Crippen molar-refractivity contribution in [3.8, 4) is 0 Å². The molecule has 0 bridgehead atoms. The molecule has 0 aromatic carbocycles. The van der Waals surface area contributed by atoms with Crippen LogP contribution >= 0.6 is 11.3 Å². The fraction of sp³-hybridized carbons (Fsp3) is 0.154. The lowest BCUT2D eigenvalue weighted by molar-refractivity contribution is 0.219. The number of aromatic nitrogens is 2. The molecular formula is C13H12N2OS. The van der Waals surface area contributed by atoms with Gasteiger partial charge in [-0.25, -0.2) is 4.98 Å². The Kier molecular flexibility index (Phi) is 2.46. The third-order valence-electron chi connectivity index (χ3n) is 2.81. The van der Waals surface area contributed by atoms with Gasteiger partial charge in [-0.2, -0.15) is 0 Å². The van der Waals surface area contributed by atoms with Crippen LogP contribution in [0.4, 0.5) is 0 Å². The summed E-state index contributed by atoms with van der Waals surface area (Å²) >= 11 is 1.56. The highest BCUT2D eigenvalue weighted by Gasteiger charge is 2.17. The van der Waals surface area contributed by atoms with Crippen molar-refractivity contribution in [2.45, 2.75) is 13.0 Å². The molecule has 1 atom stereocenters. The molecule has 0 amide bonds. The Morgan fingerprint density at radius 3 is 2.94 bits per heavy atom. The number of thiophene rings is 1. The number of hydrogen-bond donors (Lipinski definition) is 1. The van der Waals surface area contributed by atoms with Crippen LogP contribution in [0.3, 0.4) is 0 Å². The van der Waals surface area contributed by atoms with E-state index < -0.39 is 6.10 Å². The van der Waals surface area contributed by atoms with Crippen molar-refractivity contribution < 1.29 is 5.11 Å². The molecule has 0 spiro atoms.